The quantitative estimate of drug-likeness (QED) is 0.749. The maximum absolute atomic E-state index is 5.14. The van der Waals surface area contributed by atoms with Crippen molar-refractivity contribution in [2.24, 2.45) is 0 Å². The van der Waals surface area contributed by atoms with Gasteiger partial charge in [-0.15, -0.1) is 5.10 Å². The van der Waals surface area contributed by atoms with Crippen molar-refractivity contribution in [3.05, 3.63) is 5.82 Å². The molecule has 1 rings (SSSR count). The van der Waals surface area contributed by atoms with Gasteiger partial charge in [0.15, 0.2) is 0 Å². The van der Waals surface area contributed by atoms with Crippen LogP contribution in [0.3, 0.4) is 0 Å². The van der Waals surface area contributed by atoms with Crippen LogP contribution in [-0.4, -0.2) is 33.4 Å². The molecule has 0 unspecified atom stereocenters. The van der Waals surface area contributed by atoms with Gasteiger partial charge in [0.25, 0.3) is 0 Å². The molecule has 0 radical (unpaired) electrons. The van der Waals surface area contributed by atoms with Crippen LogP contribution < -0.4 is 4.90 Å². The minimum Gasteiger partial charge on any atom is -0.740 e. The zero-order valence-electron chi connectivity index (χ0n) is 10.8. The van der Waals surface area contributed by atoms with Crippen LogP contribution in [0.2, 0.25) is 0 Å². The van der Waals surface area contributed by atoms with Crippen LogP contribution in [-0.2, 0) is 19.2 Å². The Bertz CT molecular complexity index is 305. The second-order valence-electron chi connectivity index (χ2n) is 4.82. The summed E-state index contributed by atoms with van der Waals surface area (Å²) >= 11 is 5.14. The van der Waals surface area contributed by atoms with E-state index in [1.165, 1.54) is 0 Å². The third-order valence-electron chi connectivity index (χ3n) is 3.01. The van der Waals surface area contributed by atoms with E-state index in [-0.39, 0.29) is 0 Å². The molecule has 0 amide bonds. The molecule has 0 fully saturated rings. The van der Waals surface area contributed by atoms with Gasteiger partial charge in [-0.25, -0.2) is 0 Å². The van der Waals surface area contributed by atoms with E-state index in [1.54, 1.807) is 4.90 Å². The fourth-order valence-electron chi connectivity index (χ4n) is 2.10. The highest BCUT2D eigenvalue weighted by atomic mass is 32.1. The number of rotatable bonds is 5. The molecule has 1 aromatic rings. The number of nitrogens with zero attached hydrogens (tertiary/aromatic N) is 3. The van der Waals surface area contributed by atoms with Crippen LogP contribution in [0.4, 0.5) is 0 Å². The van der Waals surface area contributed by atoms with Gasteiger partial charge in [-0.2, -0.15) is 5.10 Å². The van der Waals surface area contributed by atoms with E-state index < -0.39 is 0 Å². The molecule has 1 heterocycles. The Labute approximate surface area is 103 Å². The Balaban J connectivity index is 2.62. The molecule has 0 bridgehead atoms. The third-order valence-corrected chi connectivity index (χ3v) is 3.31. The van der Waals surface area contributed by atoms with Gasteiger partial charge < -0.3 is 22.1 Å². The molecule has 0 atom stereocenters. The fourth-order valence-corrected chi connectivity index (χ4v) is 2.37. The van der Waals surface area contributed by atoms with Gasteiger partial charge in [0, 0.05) is 5.16 Å². The number of quaternary nitrogens is 1. The van der Waals surface area contributed by atoms with Crippen molar-refractivity contribution in [3.63, 3.8) is 0 Å². The molecular weight excluding hydrogens is 220 g/mol. The van der Waals surface area contributed by atoms with Crippen LogP contribution in [0.25, 0.3) is 0 Å². The van der Waals surface area contributed by atoms with E-state index in [0.29, 0.717) is 17.2 Å². The summed E-state index contributed by atoms with van der Waals surface area (Å²) in [5.74, 6) is 0.914. The minimum atomic E-state index is 0.601. The zero-order chi connectivity index (χ0) is 12.3. The second-order valence-corrected chi connectivity index (χ2v) is 5.18. The molecule has 0 saturated carbocycles. The Hall–Kier alpha value is -0.680. The van der Waals surface area contributed by atoms with Crippen LogP contribution in [0, 0.1) is 6.92 Å². The van der Waals surface area contributed by atoms with Crippen LogP contribution in [0.5, 0.6) is 0 Å². The number of aromatic nitrogens is 3. The highest BCUT2D eigenvalue weighted by Gasteiger charge is 2.17. The smallest absolute Gasteiger partial charge is 0.128 e. The van der Waals surface area contributed by atoms with Crippen LogP contribution >= 0.6 is 0 Å². The summed E-state index contributed by atoms with van der Waals surface area (Å²) in [5.41, 5.74) is 0. The van der Waals surface area contributed by atoms with Gasteiger partial charge >= 0.3 is 0 Å². The predicted molar refractivity (Wildman–Crippen MR) is 66.5 cm³/mol. The average molecular weight is 242 g/mol. The number of hydrogen-bond donors (Lipinski definition) is 1. The molecule has 5 heteroatoms. The highest BCUT2D eigenvalue weighted by Crippen LogP contribution is 1.98. The van der Waals surface area contributed by atoms with Gasteiger partial charge in [-0.05, 0) is 34.6 Å². The van der Waals surface area contributed by atoms with E-state index in [0.717, 1.165) is 18.9 Å². The Morgan fingerprint density at radius 1 is 1.19 bits per heavy atom. The summed E-state index contributed by atoms with van der Waals surface area (Å²) in [6.45, 7) is 12.9. The summed E-state index contributed by atoms with van der Waals surface area (Å²) < 4.78 is 2.01. The van der Waals surface area contributed by atoms with E-state index >= 15 is 0 Å². The molecule has 1 aromatic heterocycles. The molecule has 0 aliphatic carbocycles. The SMILES string of the molecule is Cc1nnc([S-])n1CC[NH+](C(C)C)C(C)C. The maximum atomic E-state index is 5.14. The van der Waals surface area contributed by atoms with Crippen molar-refractivity contribution in [1.82, 2.24) is 14.8 Å². The number of nitrogens with one attached hydrogen (secondary N) is 1. The van der Waals surface area contributed by atoms with Crippen molar-refractivity contribution in [3.8, 4) is 0 Å². The molecule has 0 aliphatic rings. The van der Waals surface area contributed by atoms with Crippen molar-refractivity contribution in [1.29, 1.82) is 0 Å². The molecule has 0 aliphatic heterocycles. The Morgan fingerprint density at radius 3 is 2.12 bits per heavy atom. The van der Waals surface area contributed by atoms with Gasteiger partial charge in [0.1, 0.15) is 5.82 Å². The molecule has 0 spiro atoms. The third kappa shape index (κ3) is 3.15. The lowest BCUT2D eigenvalue weighted by atomic mass is 10.2. The lowest BCUT2D eigenvalue weighted by Crippen LogP contribution is -3.18. The van der Waals surface area contributed by atoms with E-state index in [9.17, 15) is 0 Å². The standard InChI is InChI=1S/C11H22N4S/c1-8(2)14(9(3)4)6-7-15-10(5)12-13-11(15)16/h8-9H,6-7H2,1-5H3,(H,13,16). The molecule has 4 nitrogen and oxygen atoms in total. The number of aryl methyl sites for hydroxylation is 1. The Morgan fingerprint density at radius 2 is 1.75 bits per heavy atom. The second kappa shape index (κ2) is 5.59. The van der Waals surface area contributed by atoms with Gasteiger partial charge in [-0.3, -0.25) is 0 Å². The molecular formula is C11H22N4S. The monoisotopic (exact) mass is 242 g/mol. The maximum Gasteiger partial charge on any atom is 0.128 e. The summed E-state index contributed by atoms with van der Waals surface area (Å²) in [7, 11) is 0. The molecule has 0 aromatic carbocycles. The van der Waals surface area contributed by atoms with Crippen molar-refractivity contribution >= 4 is 12.6 Å². The van der Waals surface area contributed by atoms with Crippen molar-refractivity contribution < 1.29 is 4.90 Å². The molecule has 16 heavy (non-hydrogen) atoms. The molecule has 0 saturated heterocycles. The topological polar surface area (TPSA) is 35.1 Å². The molecule has 1 N–H and O–H groups in total. The Kier molecular flexibility index (Phi) is 4.68. The summed E-state index contributed by atoms with van der Waals surface area (Å²) in [4.78, 5) is 1.59. The van der Waals surface area contributed by atoms with Crippen molar-refractivity contribution in [2.45, 2.75) is 58.4 Å². The van der Waals surface area contributed by atoms with E-state index in [1.807, 2.05) is 11.5 Å². The predicted octanol–water partition coefficient (Wildman–Crippen LogP) is 0.194. The van der Waals surface area contributed by atoms with Gasteiger partial charge in [-0.1, -0.05) is 0 Å². The fraction of sp³-hybridized carbons (Fsp3) is 0.818. The first-order chi connectivity index (χ1) is 7.43. The lowest BCUT2D eigenvalue weighted by Gasteiger charge is -2.28. The normalized spacial score (nSPS) is 12.0. The minimum absolute atomic E-state index is 0.601. The van der Waals surface area contributed by atoms with Crippen LogP contribution in [0.15, 0.2) is 5.16 Å². The summed E-state index contributed by atoms with van der Waals surface area (Å²) in [6.07, 6.45) is 0. The summed E-state index contributed by atoms with van der Waals surface area (Å²) in [5, 5.41) is 8.49. The van der Waals surface area contributed by atoms with Crippen molar-refractivity contribution in [2.75, 3.05) is 6.54 Å². The molecule has 92 valence electrons. The van der Waals surface area contributed by atoms with Gasteiger partial charge in [0.2, 0.25) is 0 Å². The average Bonchev–Trinajstić information content (AvgIpc) is 2.47. The number of hydrogen-bond acceptors (Lipinski definition) is 3. The van der Waals surface area contributed by atoms with E-state index in [2.05, 4.69) is 37.9 Å². The van der Waals surface area contributed by atoms with E-state index in [4.69, 9.17) is 12.6 Å². The lowest BCUT2D eigenvalue weighted by molar-refractivity contribution is -0.942. The first-order valence-electron chi connectivity index (χ1n) is 5.86. The summed E-state index contributed by atoms with van der Waals surface area (Å²) in [6, 6.07) is 1.26. The first-order valence-corrected chi connectivity index (χ1v) is 6.26. The van der Waals surface area contributed by atoms with Gasteiger partial charge in [0.05, 0.1) is 25.2 Å². The highest BCUT2D eigenvalue weighted by molar-refractivity contribution is 7.58. The van der Waals surface area contributed by atoms with Crippen LogP contribution in [0.1, 0.15) is 33.5 Å². The zero-order valence-corrected chi connectivity index (χ0v) is 11.6. The largest absolute Gasteiger partial charge is 0.740 e. The first kappa shape index (κ1) is 13.4.